The minimum absolute atomic E-state index is 0.0737. The van der Waals surface area contributed by atoms with Crippen LogP contribution in [0.5, 0.6) is 0 Å². The summed E-state index contributed by atoms with van der Waals surface area (Å²) in [6.45, 7) is 2.19. The van der Waals surface area contributed by atoms with Crippen LogP contribution in [0.2, 0.25) is 0 Å². The van der Waals surface area contributed by atoms with Crippen molar-refractivity contribution in [2.75, 3.05) is 12.3 Å². The fourth-order valence-corrected chi connectivity index (χ4v) is 4.10. The lowest BCUT2D eigenvalue weighted by Crippen LogP contribution is -2.58. The van der Waals surface area contributed by atoms with Crippen LogP contribution < -0.4 is 0 Å². The van der Waals surface area contributed by atoms with Crippen LogP contribution in [0.4, 0.5) is 4.79 Å². The van der Waals surface area contributed by atoms with Crippen molar-refractivity contribution in [3.8, 4) is 0 Å². The molecule has 1 heterocycles. The highest BCUT2D eigenvalue weighted by molar-refractivity contribution is 7.80. The zero-order chi connectivity index (χ0) is 17.3. The van der Waals surface area contributed by atoms with E-state index in [2.05, 4.69) is 43.0 Å². The number of nitrogens with zero attached hydrogens (tertiary/aromatic N) is 1. The van der Waals surface area contributed by atoms with Crippen LogP contribution in [-0.2, 0) is 4.79 Å². The van der Waals surface area contributed by atoms with Gasteiger partial charge in [-0.3, -0.25) is 0 Å². The Bertz CT molecular complexity index is 791. The van der Waals surface area contributed by atoms with Crippen LogP contribution in [0.1, 0.15) is 31.2 Å². The number of rotatable bonds is 3. The fraction of sp³-hybridized carbons (Fsp3) is 0.368. The standard InChI is InChI=1S/C19H21NO3S/c1-13-10-17(12-20(13,19(22)23)18(21)8-9-24)16-7-6-14-4-2-3-5-15(14)11-16/h2-7,11,13,17H,8-10,12H2,1H3,(H-,22,23,24)/p+1/t13?,17-,20?/m0/s1. The SMILES string of the molecule is CC1C[C@H](c2ccc3ccccc3c2)C[N+]1(C(=O)O)C(=O)CCS. The molecule has 1 N–H and O–H groups in total. The number of carboxylic acid groups (broad SMARTS) is 1. The van der Waals surface area contributed by atoms with Gasteiger partial charge in [-0.05, 0) is 23.3 Å². The lowest BCUT2D eigenvalue weighted by Gasteiger charge is -2.29. The molecule has 0 bridgehead atoms. The Hall–Kier alpha value is -1.85. The molecule has 1 aliphatic rings. The summed E-state index contributed by atoms with van der Waals surface area (Å²) >= 11 is 4.10. The highest BCUT2D eigenvalue weighted by atomic mass is 32.1. The van der Waals surface area contributed by atoms with Gasteiger partial charge in [0.05, 0.1) is 6.42 Å². The summed E-state index contributed by atoms with van der Waals surface area (Å²) < 4.78 is -0.474. The molecule has 1 fully saturated rings. The Morgan fingerprint density at radius 1 is 1.21 bits per heavy atom. The average molecular weight is 344 g/mol. The van der Waals surface area contributed by atoms with Gasteiger partial charge in [0, 0.05) is 18.1 Å². The Kier molecular flexibility index (Phi) is 4.65. The van der Waals surface area contributed by atoms with E-state index in [0.717, 1.165) is 16.3 Å². The molecule has 5 heteroatoms. The first-order valence-electron chi connectivity index (χ1n) is 8.23. The van der Waals surface area contributed by atoms with E-state index < -0.39 is 10.6 Å². The van der Waals surface area contributed by atoms with Crippen LogP contribution in [0.15, 0.2) is 42.5 Å². The van der Waals surface area contributed by atoms with Gasteiger partial charge in [0.2, 0.25) is 0 Å². The van der Waals surface area contributed by atoms with Gasteiger partial charge >= 0.3 is 12.0 Å². The lowest BCUT2D eigenvalue weighted by atomic mass is 9.94. The minimum Gasteiger partial charge on any atom is -0.435 e. The molecule has 3 rings (SSSR count). The number of amides is 2. The molecule has 1 saturated heterocycles. The van der Waals surface area contributed by atoms with Crippen molar-refractivity contribution >= 4 is 35.4 Å². The molecule has 126 valence electrons. The number of hydrogen-bond donors (Lipinski definition) is 2. The molecule has 2 unspecified atom stereocenters. The van der Waals surface area contributed by atoms with Crippen LogP contribution >= 0.6 is 12.6 Å². The zero-order valence-electron chi connectivity index (χ0n) is 13.7. The monoisotopic (exact) mass is 344 g/mol. The van der Waals surface area contributed by atoms with E-state index in [1.807, 2.05) is 19.1 Å². The van der Waals surface area contributed by atoms with Gasteiger partial charge in [-0.2, -0.15) is 21.9 Å². The molecule has 0 aromatic heterocycles. The average Bonchev–Trinajstić information content (AvgIpc) is 2.93. The molecule has 2 amide bonds. The van der Waals surface area contributed by atoms with E-state index in [9.17, 15) is 14.7 Å². The molecule has 3 atom stereocenters. The molecule has 0 radical (unpaired) electrons. The van der Waals surface area contributed by atoms with Gasteiger partial charge in [-0.1, -0.05) is 42.5 Å². The van der Waals surface area contributed by atoms with Crippen LogP contribution in [0.25, 0.3) is 10.8 Å². The van der Waals surface area contributed by atoms with Crippen molar-refractivity contribution in [2.45, 2.75) is 31.7 Å². The van der Waals surface area contributed by atoms with Crippen molar-refractivity contribution in [3.63, 3.8) is 0 Å². The Labute approximate surface area is 147 Å². The molecule has 1 aliphatic heterocycles. The number of quaternary nitrogens is 1. The first-order valence-corrected chi connectivity index (χ1v) is 8.86. The second-order valence-corrected chi connectivity index (χ2v) is 7.04. The summed E-state index contributed by atoms with van der Waals surface area (Å²) in [6, 6.07) is 14.1. The van der Waals surface area contributed by atoms with Crippen LogP contribution in [0.3, 0.4) is 0 Å². The molecular formula is C19H22NO3S+. The maximum absolute atomic E-state index is 12.6. The second-order valence-electron chi connectivity index (χ2n) is 6.59. The molecular weight excluding hydrogens is 322 g/mol. The maximum Gasteiger partial charge on any atom is 0.521 e. The summed E-state index contributed by atoms with van der Waals surface area (Å²) in [5, 5.41) is 12.1. The number of likely N-dealkylation sites (tertiary alicyclic amines) is 1. The Balaban J connectivity index is 1.95. The van der Waals surface area contributed by atoms with Crippen molar-refractivity contribution in [1.82, 2.24) is 0 Å². The van der Waals surface area contributed by atoms with Crippen LogP contribution in [-0.4, -0.2) is 39.9 Å². The first-order chi connectivity index (χ1) is 11.5. The fourth-order valence-electron chi connectivity index (χ4n) is 3.91. The number of carbonyl (C=O) groups is 2. The zero-order valence-corrected chi connectivity index (χ0v) is 14.6. The quantitative estimate of drug-likeness (QED) is 0.652. The third-order valence-electron chi connectivity index (χ3n) is 5.24. The third kappa shape index (κ3) is 2.72. The van der Waals surface area contributed by atoms with Gasteiger partial charge in [0.25, 0.3) is 0 Å². The van der Waals surface area contributed by atoms with Gasteiger partial charge < -0.3 is 5.11 Å². The number of thiol groups is 1. The van der Waals surface area contributed by atoms with E-state index >= 15 is 0 Å². The summed E-state index contributed by atoms with van der Waals surface area (Å²) in [7, 11) is 0. The molecule has 0 saturated carbocycles. The third-order valence-corrected chi connectivity index (χ3v) is 5.47. The van der Waals surface area contributed by atoms with Crippen molar-refractivity contribution < 1.29 is 19.2 Å². The number of hydrogen-bond acceptors (Lipinski definition) is 3. The number of carbonyl (C=O) groups excluding carboxylic acids is 1. The van der Waals surface area contributed by atoms with E-state index in [1.54, 1.807) is 0 Å². The molecule has 2 aromatic carbocycles. The maximum atomic E-state index is 12.6. The highest BCUT2D eigenvalue weighted by Crippen LogP contribution is 2.39. The van der Waals surface area contributed by atoms with E-state index in [1.165, 1.54) is 0 Å². The van der Waals surface area contributed by atoms with Crippen molar-refractivity contribution in [3.05, 3.63) is 48.0 Å². The van der Waals surface area contributed by atoms with Gasteiger partial charge in [0.1, 0.15) is 12.6 Å². The summed E-state index contributed by atoms with van der Waals surface area (Å²) in [6.07, 6.45) is -0.162. The van der Waals surface area contributed by atoms with E-state index in [-0.39, 0.29) is 24.3 Å². The summed E-state index contributed by atoms with van der Waals surface area (Å²) in [4.78, 5) is 24.5. The highest BCUT2D eigenvalue weighted by Gasteiger charge is 2.55. The predicted octanol–water partition coefficient (Wildman–Crippen LogP) is 4.06. The van der Waals surface area contributed by atoms with Crippen molar-refractivity contribution in [2.24, 2.45) is 0 Å². The predicted molar refractivity (Wildman–Crippen MR) is 97.4 cm³/mol. The van der Waals surface area contributed by atoms with E-state index in [4.69, 9.17) is 0 Å². The van der Waals surface area contributed by atoms with Crippen molar-refractivity contribution in [1.29, 1.82) is 0 Å². The molecule has 2 aromatic rings. The number of fused-ring (bicyclic) bond motifs is 1. The summed E-state index contributed by atoms with van der Waals surface area (Å²) in [5.74, 6) is 0.206. The van der Waals surface area contributed by atoms with Gasteiger partial charge in [-0.25, -0.2) is 4.79 Å². The van der Waals surface area contributed by atoms with Gasteiger partial charge in [0.15, 0.2) is 0 Å². The lowest BCUT2D eigenvalue weighted by molar-refractivity contribution is -0.793. The molecule has 0 aliphatic carbocycles. The second kappa shape index (κ2) is 6.57. The topological polar surface area (TPSA) is 54.4 Å². The largest absolute Gasteiger partial charge is 0.521 e. The minimum atomic E-state index is -1.04. The van der Waals surface area contributed by atoms with Gasteiger partial charge in [-0.15, -0.1) is 0 Å². The Morgan fingerprint density at radius 3 is 2.58 bits per heavy atom. The smallest absolute Gasteiger partial charge is 0.435 e. The molecule has 0 spiro atoms. The first kappa shape index (κ1) is 17.0. The number of imide groups is 1. The Morgan fingerprint density at radius 2 is 1.92 bits per heavy atom. The normalized spacial score (nSPS) is 26.6. The molecule has 24 heavy (non-hydrogen) atoms. The van der Waals surface area contributed by atoms with E-state index in [0.29, 0.717) is 18.7 Å². The summed E-state index contributed by atoms with van der Waals surface area (Å²) in [5.41, 5.74) is 1.11. The molecule has 4 nitrogen and oxygen atoms in total. The van der Waals surface area contributed by atoms with Crippen LogP contribution in [0, 0.1) is 0 Å². The number of benzene rings is 2.